The van der Waals surface area contributed by atoms with Crippen LogP contribution in [0.15, 0.2) is 76.1 Å². The van der Waals surface area contributed by atoms with Gasteiger partial charge >= 0.3 is 0 Å². The van der Waals surface area contributed by atoms with E-state index in [2.05, 4.69) is 0 Å². The Morgan fingerprint density at radius 2 is 1.85 bits per heavy atom. The van der Waals surface area contributed by atoms with Crippen molar-refractivity contribution >= 4 is 16.8 Å². The first-order valence-electron chi connectivity index (χ1n) is 11.0. The van der Waals surface area contributed by atoms with Gasteiger partial charge in [-0.1, -0.05) is 19.1 Å². The van der Waals surface area contributed by atoms with Crippen molar-refractivity contribution in [3.8, 4) is 5.75 Å². The summed E-state index contributed by atoms with van der Waals surface area (Å²) in [6, 6.07) is 17.5. The maximum atomic E-state index is 13.7. The second kappa shape index (κ2) is 9.73. The second-order valence-corrected chi connectivity index (χ2v) is 7.70. The predicted molar refractivity (Wildman–Crippen MR) is 126 cm³/mol. The van der Waals surface area contributed by atoms with Gasteiger partial charge in [0.1, 0.15) is 17.3 Å². The molecule has 0 aliphatic rings. The Hall–Kier alpha value is -3.87. The van der Waals surface area contributed by atoms with Crippen molar-refractivity contribution in [2.45, 2.75) is 39.4 Å². The second-order valence-electron chi connectivity index (χ2n) is 7.70. The van der Waals surface area contributed by atoms with Crippen molar-refractivity contribution in [3.63, 3.8) is 0 Å². The third kappa shape index (κ3) is 4.39. The number of fused-ring (bicyclic) bond motifs is 1. The normalized spacial score (nSPS) is 12.0. The number of ether oxygens (including phenoxy) is 1. The van der Waals surface area contributed by atoms with Crippen LogP contribution < -0.4 is 10.3 Å². The fourth-order valence-electron chi connectivity index (χ4n) is 4.08. The molecule has 0 saturated heterocycles. The van der Waals surface area contributed by atoms with Crippen LogP contribution in [0.3, 0.4) is 0 Å². The highest BCUT2D eigenvalue weighted by Gasteiger charge is 2.30. The van der Waals surface area contributed by atoms with Gasteiger partial charge < -0.3 is 14.1 Å². The Bertz CT molecular complexity index is 1290. The third-order valence-electron chi connectivity index (χ3n) is 5.77. The van der Waals surface area contributed by atoms with Crippen LogP contribution in [-0.4, -0.2) is 27.5 Å². The first-order chi connectivity index (χ1) is 16.1. The number of nitrogens with zero attached hydrogens (tertiary/aromatic N) is 3. The zero-order valence-electron chi connectivity index (χ0n) is 19.0. The van der Waals surface area contributed by atoms with Crippen molar-refractivity contribution in [2.24, 2.45) is 0 Å². The molecule has 4 aromatic rings. The van der Waals surface area contributed by atoms with E-state index >= 15 is 0 Å². The van der Waals surface area contributed by atoms with Crippen molar-refractivity contribution in [3.05, 3.63) is 94.4 Å². The number of carbonyl (C=O) groups is 1. The molecule has 0 N–H and O–H groups in total. The molecule has 2 aromatic heterocycles. The number of rotatable bonds is 8. The van der Waals surface area contributed by atoms with Crippen LogP contribution >= 0.6 is 0 Å². The maximum Gasteiger partial charge on any atom is 0.261 e. The summed E-state index contributed by atoms with van der Waals surface area (Å²) in [5.41, 5.74) is 1.04. The predicted octanol–water partition coefficient (Wildman–Crippen LogP) is 4.81. The quantitative estimate of drug-likeness (QED) is 0.389. The topological polar surface area (TPSA) is 77.6 Å². The molecule has 0 radical (unpaired) electrons. The van der Waals surface area contributed by atoms with Crippen LogP contribution in [0.25, 0.3) is 10.9 Å². The summed E-state index contributed by atoms with van der Waals surface area (Å²) in [6.45, 7) is 4.61. The first kappa shape index (κ1) is 22.3. The zero-order valence-corrected chi connectivity index (χ0v) is 19.0. The van der Waals surface area contributed by atoms with Gasteiger partial charge in [0.25, 0.3) is 11.5 Å². The maximum absolute atomic E-state index is 13.7. The average molecular weight is 446 g/mol. The van der Waals surface area contributed by atoms with Crippen molar-refractivity contribution < 1.29 is 13.9 Å². The van der Waals surface area contributed by atoms with E-state index < -0.39 is 6.04 Å². The lowest BCUT2D eigenvalue weighted by Gasteiger charge is -2.31. The minimum atomic E-state index is -0.429. The third-order valence-corrected chi connectivity index (χ3v) is 5.77. The van der Waals surface area contributed by atoms with E-state index in [0.717, 1.165) is 0 Å². The Balaban J connectivity index is 1.84. The van der Waals surface area contributed by atoms with Gasteiger partial charge in [-0.25, -0.2) is 4.98 Å². The van der Waals surface area contributed by atoms with E-state index in [1.54, 1.807) is 59.2 Å². The molecule has 0 aliphatic carbocycles. The smallest absolute Gasteiger partial charge is 0.261 e. The SMILES string of the molecule is CCC(c1nc2ccccc2c(=O)n1CC)N(Cc1ccco1)C(=O)c1ccc(OC)cc1. The lowest BCUT2D eigenvalue weighted by Crippen LogP contribution is -2.38. The van der Waals surface area contributed by atoms with Crippen molar-refractivity contribution in [1.82, 2.24) is 14.5 Å². The number of hydrogen-bond donors (Lipinski definition) is 0. The molecule has 4 rings (SSSR count). The molecule has 7 nitrogen and oxygen atoms in total. The molecule has 2 heterocycles. The fourth-order valence-corrected chi connectivity index (χ4v) is 4.08. The van der Waals surface area contributed by atoms with Gasteiger partial charge in [-0.15, -0.1) is 0 Å². The molecule has 0 fully saturated rings. The van der Waals surface area contributed by atoms with Crippen LogP contribution in [-0.2, 0) is 13.1 Å². The van der Waals surface area contributed by atoms with Gasteiger partial charge in [0.15, 0.2) is 0 Å². The molecule has 0 spiro atoms. The molecule has 0 saturated carbocycles. The molecule has 33 heavy (non-hydrogen) atoms. The summed E-state index contributed by atoms with van der Waals surface area (Å²) in [7, 11) is 1.59. The molecule has 170 valence electrons. The summed E-state index contributed by atoms with van der Waals surface area (Å²) >= 11 is 0. The van der Waals surface area contributed by atoms with Crippen LogP contribution in [0.5, 0.6) is 5.75 Å². The van der Waals surface area contributed by atoms with Gasteiger partial charge in [0.2, 0.25) is 0 Å². The highest BCUT2D eigenvalue weighted by Crippen LogP contribution is 2.28. The van der Waals surface area contributed by atoms with Crippen molar-refractivity contribution in [1.29, 1.82) is 0 Å². The van der Waals surface area contributed by atoms with E-state index in [4.69, 9.17) is 14.1 Å². The number of hydrogen-bond acceptors (Lipinski definition) is 5. The molecule has 7 heteroatoms. The number of furan rings is 1. The van der Waals surface area contributed by atoms with E-state index in [-0.39, 0.29) is 18.0 Å². The van der Waals surface area contributed by atoms with E-state index in [9.17, 15) is 9.59 Å². The van der Waals surface area contributed by atoms with Crippen LogP contribution in [0.1, 0.15) is 48.3 Å². The summed E-state index contributed by atoms with van der Waals surface area (Å²) in [5, 5.41) is 0.567. The Kier molecular flexibility index (Phi) is 6.58. The van der Waals surface area contributed by atoms with Gasteiger partial charge in [0.05, 0.1) is 36.9 Å². The standard InChI is InChI=1S/C26H27N3O4/c1-4-23(24-27-22-11-7-6-10-21(22)26(31)28(24)5-2)29(17-20-9-8-16-33-20)25(30)18-12-14-19(32-3)15-13-18/h6-16,23H,4-5,17H2,1-3H3. The minimum absolute atomic E-state index is 0.105. The molecule has 0 bridgehead atoms. The Morgan fingerprint density at radius 1 is 1.09 bits per heavy atom. The lowest BCUT2D eigenvalue weighted by molar-refractivity contribution is 0.0621. The largest absolute Gasteiger partial charge is 0.497 e. The molecule has 1 unspecified atom stereocenters. The van der Waals surface area contributed by atoms with Crippen LogP contribution in [0.2, 0.25) is 0 Å². The molecule has 2 aromatic carbocycles. The highest BCUT2D eigenvalue weighted by molar-refractivity contribution is 5.94. The number of methoxy groups -OCH3 is 1. The first-order valence-corrected chi connectivity index (χ1v) is 11.0. The number of aromatic nitrogens is 2. The fraction of sp³-hybridized carbons (Fsp3) is 0.269. The summed E-state index contributed by atoms with van der Waals surface area (Å²) in [6.07, 6.45) is 2.16. The van der Waals surface area contributed by atoms with Crippen LogP contribution in [0, 0.1) is 0 Å². The van der Waals surface area contributed by atoms with Gasteiger partial charge in [-0.05, 0) is 61.9 Å². The van der Waals surface area contributed by atoms with Gasteiger partial charge in [-0.2, -0.15) is 0 Å². The molecular formula is C26H27N3O4. The minimum Gasteiger partial charge on any atom is -0.497 e. The van der Waals surface area contributed by atoms with E-state index in [1.807, 2.05) is 38.1 Å². The number of amides is 1. The zero-order chi connectivity index (χ0) is 23.4. The monoisotopic (exact) mass is 445 g/mol. The number of benzene rings is 2. The Labute approximate surface area is 192 Å². The summed E-state index contributed by atoms with van der Waals surface area (Å²) in [4.78, 5) is 33.5. The number of para-hydroxylation sites is 1. The number of carbonyl (C=O) groups excluding carboxylic acids is 1. The van der Waals surface area contributed by atoms with Crippen molar-refractivity contribution in [2.75, 3.05) is 7.11 Å². The summed E-state index contributed by atoms with van der Waals surface area (Å²) < 4.78 is 12.5. The molecule has 0 aliphatic heterocycles. The molecule has 1 atom stereocenters. The van der Waals surface area contributed by atoms with Gasteiger partial charge in [-0.3, -0.25) is 14.2 Å². The van der Waals surface area contributed by atoms with E-state index in [0.29, 0.717) is 46.8 Å². The Morgan fingerprint density at radius 3 is 2.48 bits per heavy atom. The average Bonchev–Trinajstić information content (AvgIpc) is 3.37. The highest BCUT2D eigenvalue weighted by atomic mass is 16.5. The summed E-state index contributed by atoms with van der Waals surface area (Å²) in [5.74, 6) is 1.72. The van der Waals surface area contributed by atoms with Crippen LogP contribution in [0.4, 0.5) is 0 Å². The van der Waals surface area contributed by atoms with Gasteiger partial charge in [0, 0.05) is 12.1 Å². The molecular weight excluding hydrogens is 418 g/mol. The lowest BCUT2D eigenvalue weighted by atomic mass is 10.1. The molecule has 1 amide bonds. The van der Waals surface area contributed by atoms with E-state index in [1.165, 1.54) is 0 Å².